The Morgan fingerprint density at radius 2 is 1.26 bits per heavy atom. The number of imide groups is 1. The largest absolute Gasteiger partial charge is 0.283 e. The second-order valence-electron chi connectivity index (χ2n) is 6.66. The lowest BCUT2D eigenvalue weighted by Gasteiger charge is -2.22. The summed E-state index contributed by atoms with van der Waals surface area (Å²) in [7, 11) is 0. The highest BCUT2D eigenvalue weighted by molar-refractivity contribution is 6.37. The SMILES string of the molecule is Cc1c(-c2ccccc2)nnn1N(C(=O)c1ccccc1Cl)C(=O)c1ccccc1Cl. The Bertz CT molecular complexity index is 1210. The summed E-state index contributed by atoms with van der Waals surface area (Å²) < 4.78 is 0. The van der Waals surface area contributed by atoms with Crippen LogP contribution in [0.3, 0.4) is 0 Å². The van der Waals surface area contributed by atoms with Crippen LogP contribution >= 0.6 is 23.2 Å². The first kappa shape index (κ1) is 20.8. The number of amides is 2. The van der Waals surface area contributed by atoms with E-state index in [0.717, 1.165) is 10.6 Å². The smallest absolute Gasteiger partial charge is 0.267 e. The molecule has 0 fully saturated rings. The van der Waals surface area contributed by atoms with E-state index in [1.54, 1.807) is 55.5 Å². The minimum atomic E-state index is -0.650. The molecule has 0 bridgehead atoms. The molecule has 0 spiro atoms. The molecule has 0 radical (unpaired) electrons. The van der Waals surface area contributed by atoms with Gasteiger partial charge in [-0.1, -0.05) is 77.8 Å². The van der Waals surface area contributed by atoms with E-state index in [2.05, 4.69) is 10.3 Å². The molecule has 0 aliphatic heterocycles. The fourth-order valence-electron chi connectivity index (χ4n) is 3.14. The zero-order valence-corrected chi connectivity index (χ0v) is 17.9. The van der Waals surface area contributed by atoms with Gasteiger partial charge < -0.3 is 0 Å². The minimum Gasteiger partial charge on any atom is -0.267 e. The molecular weight excluding hydrogens is 435 g/mol. The third kappa shape index (κ3) is 3.95. The van der Waals surface area contributed by atoms with Gasteiger partial charge in [0.15, 0.2) is 0 Å². The number of carbonyl (C=O) groups excluding carboxylic acids is 2. The number of benzene rings is 3. The maximum atomic E-state index is 13.5. The molecule has 0 saturated carbocycles. The first-order valence-electron chi connectivity index (χ1n) is 9.35. The van der Waals surface area contributed by atoms with Crippen LogP contribution in [-0.2, 0) is 0 Å². The van der Waals surface area contributed by atoms with Gasteiger partial charge in [0.25, 0.3) is 11.8 Å². The number of halogens is 2. The summed E-state index contributed by atoms with van der Waals surface area (Å²) in [6.45, 7) is 1.73. The van der Waals surface area contributed by atoms with Crippen LogP contribution in [0.2, 0.25) is 10.0 Å². The third-order valence-corrected chi connectivity index (χ3v) is 5.36. The summed E-state index contributed by atoms with van der Waals surface area (Å²) in [6, 6.07) is 22.4. The molecule has 4 rings (SSSR count). The average Bonchev–Trinajstić information content (AvgIpc) is 3.16. The minimum absolute atomic E-state index is 0.153. The second-order valence-corrected chi connectivity index (χ2v) is 7.48. The summed E-state index contributed by atoms with van der Waals surface area (Å²) in [5, 5.41) is 9.64. The first-order valence-corrected chi connectivity index (χ1v) is 10.1. The van der Waals surface area contributed by atoms with E-state index in [-0.39, 0.29) is 21.2 Å². The van der Waals surface area contributed by atoms with Gasteiger partial charge in [0.05, 0.1) is 26.9 Å². The average molecular weight is 451 g/mol. The standard InChI is InChI=1S/C23H16Cl2N4O2/c1-15-21(16-9-3-2-4-10-16)26-27-29(15)28(22(30)17-11-5-7-13-19(17)24)23(31)18-12-6-8-14-20(18)25/h2-14H,1H3. The Labute approximate surface area is 188 Å². The van der Waals surface area contributed by atoms with E-state index in [9.17, 15) is 9.59 Å². The van der Waals surface area contributed by atoms with Crippen LogP contribution in [0.5, 0.6) is 0 Å². The molecule has 4 aromatic rings. The first-order chi connectivity index (χ1) is 15.0. The molecule has 31 heavy (non-hydrogen) atoms. The van der Waals surface area contributed by atoms with Crippen LogP contribution < -0.4 is 5.01 Å². The molecule has 3 aromatic carbocycles. The lowest BCUT2D eigenvalue weighted by atomic mass is 10.1. The fourth-order valence-corrected chi connectivity index (χ4v) is 3.57. The zero-order chi connectivity index (χ0) is 22.0. The highest BCUT2D eigenvalue weighted by Gasteiger charge is 2.31. The van der Waals surface area contributed by atoms with Gasteiger partial charge in [0.1, 0.15) is 5.69 Å². The zero-order valence-electron chi connectivity index (χ0n) is 16.4. The molecule has 0 aliphatic carbocycles. The molecule has 0 N–H and O–H groups in total. The normalized spacial score (nSPS) is 10.7. The van der Waals surface area contributed by atoms with E-state index >= 15 is 0 Å². The number of nitrogens with zero attached hydrogens (tertiary/aromatic N) is 4. The molecule has 0 saturated heterocycles. The van der Waals surface area contributed by atoms with E-state index < -0.39 is 11.8 Å². The van der Waals surface area contributed by atoms with Crippen molar-refractivity contribution >= 4 is 35.0 Å². The highest BCUT2D eigenvalue weighted by atomic mass is 35.5. The summed E-state index contributed by atoms with van der Waals surface area (Å²) in [5.74, 6) is -1.30. The molecule has 6 nitrogen and oxygen atoms in total. The Kier molecular flexibility index (Phi) is 5.84. The van der Waals surface area contributed by atoms with Gasteiger partial charge in [-0.25, -0.2) is 0 Å². The third-order valence-electron chi connectivity index (χ3n) is 4.70. The maximum Gasteiger partial charge on any atom is 0.283 e. The molecule has 0 unspecified atom stereocenters. The van der Waals surface area contributed by atoms with Gasteiger partial charge in [0.2, 0.25) is 0 Å². The summed E-state index contributed by atoms with van der Waals surface area (Å²) >= 11 is 12.5. The van der Waals surface area contributed by atoms with Crippen LogP contribution in [-0.4, -0.2) is 26.9 Å². The molecule has 8 heteroatoms. The van der Waals surface area contributed by atoms with Gasteiger partial charge in [-0.05, 0) is 36.4 Å². The summed E-state index contributed by atoms with van der Waals surface area (Å²) in [5.41, 5.74) is 2.17. The Balaban J connectivity index is 1.87. The van der Waals surface area contributed by atoms with Crippen molar-refractivity contribution in [3.63, 3.8) is 0 Å². The van der Waals surface area contributed by atoms with Crippen molar-refractivity contribution in [1.29, 1.82) is 0 Å². The lowest BCUT2D eigenvalue weighted by Crippen LogP contribution is -2.47. The van der Waals surface area contributed by atoms with Gasteiger partial charge in [-0.15, -0.1) is 9.89 Å². The van der Waals surface area contributed by atoms with Crippen molar-refractivity contribution in [3.05, 3.63) is 106 Å². The molecule has 1 heterocycles. The van der Waals surface area contributed by atoms with Crippen molar-refractivity contribution in [3.8, 4) is 11.3 Å². The molecule has 2 amide bonds. The Hall–Kier alpha value is -3.48. The van der Waals surface area contributed by atoms with Crippen molar-refractivity contribution in [2.45, 2.75) is 6.92 Å². The molecule has 1 aromatic heterocycles. The van der Waals surface area contributed by atoms with Crippen LogP contribution in [0.15, 0.2) is 78.9 Å². The number of rotatable bonds is 4. The van der Waals surface area contributed by atoms with Gasteiger partial charge in [-0.3, -0.25) is 9.59 Å². The Morgan fingerprint density at radius 1 is 0.774 bits per heavy atom. The maximum absolute atomic E-state index is 13.5. The van der Waals surface area contributed by atoms with Gasteiger partial charge >= 0.3 is 0 Å². The Morgan fingerprint density at radius 3 is 1.77 bits per heavy atom. The van der Waals surface area contributed by atoms with Gasteiger partial charge in [-0.2, -0.15) is 5.01 Å². The van der Waals surface area contributed by atoms with Crippen LogP contribution in [0, 0.1) is 6.92 Å². The molecule has 0 atom stereocenters. The van der Waals surface area contributed by atoms with E-state index in [0.29, 0.717) is 11.4 Å². The predicted octanol–water partition coefficient (Wildman–Crippen LogP) is 5.18. The number of carbonyl (C=O) groups is 2. The predicted molar refractivity (Wildman–Crippen MR) is 120 cm³/mol. The number of hydrogen-bond acceptors (Lipinski definition) is 4. The van der Waals surface area contributed by atoms with E-state index in [4.69, 9.17) is 23.2 Å². The summed E-state index contributed by atoms with van der Waals surface area (Å²) in [6.07, 6.45) is 0. The quantitative estimate of drug-likeness (QED) is 0.401. The van der Waals surface area contributed by atoms with E-state index in [1.165, 1.54) is 4.79 Å². The van der Waals surface area contributed by atoms with Crippen LogP contribution in [0.4, 0.5) is 0 Å². The molecule has 0 aliphatic rings. The molecule has 154 valence electrons. The molecular formula is C23H16Cl2N4O2. The van der Waals surface area contributed by atoms with Crippen LogP contribution in [0.1, 0.15) is 26.4 Å². The number of hydrogen-bond donors (Lipinski definition) is 0. The lowest BCUT2D eigenvalue weighted by molar-refractivity contribution is 0.0847. The van der Waals surface area contributed by atoms with Crippen molar-refractivity contribution in [1.82, 2.24) is 15.1 Å². The van der Waals surface area contributed by atoms with Crippen LogP contribution in [0.25, 0.3) is 11.3 Å². The highest BCUT2D eigenvalue weighted by Crippen LogP contribution is 2.24. The second kappa shape index (κ2) is 8.71. The van der Waals surface area contributed by atoms with Crippen molar-refractivity contribution in [2.24, 2.45) is 0 Å². The van der Waals surface area contributed by atoms with Crippen molar-refractivity contribution in [2.75, 3.05) is 5.01 Å². The van der Waals surface area contributed by atoms with E-state index in [1.807, 2.05) is 30.3 Å². The topological polar surface area (TPSA) is 68.1 Å². The van der Waals surface area contributed by atoms with Crippen molar-refractivity contribution < 1.29 is 9.59 Å². The van der Waals surface area contributed by atoms with Gasteiger partial charge in [0, 0.05) is 5.56 Å². The fraction of sp³-hybridized carbons (Fsp3) is 0.0435. The monoisotopic (exact) mass is 450 g/mol. The number of aromatic nitrogens is 3. The summed E-state index contributed by atoms with van der Waals surface area (Å²) in [4.78, 5) is 28.1.